The van der Waals surface area contributed by atoms with Gasteiger partial charge in [-0.1, -0.05) is 0 Å². The van der Waals surface area contributed by atoms with Crippen molar-refractivity contribution in [2.75, 3.05) is 18.6 Å². The number of aryl methyl sites for hydroxylation is 1. The Kier molecular flexibility index (Phi) is 5.82. The fraction of sp³-hybridized carbons (Fsp3) is 0.222. The number of anilines is 1. The second-order valence-electron chi connectivity index (χ2n) is 9.27. The van der Waals surface area contributed by atoms with Gasteiger partial charge in [-0.05, 0) is 41.3 Å². The van der Waals surface area contributed by atoms with Gasteiger partial charge in [-0.15, -0.1) is 0 Å². The number of carbonyl (C=O) groups is 1. The Labute approximate surface area is 220 Å². The average Bonchev–Trinajstić information content (AvgIpc) is 3.58. The first kappa shape index (κ1) is 24.6. The first-order valence-corrected chi connectivity index (χ1v) is 12.1. The molecule has 39 heavy (non-hydrogen) atoms. The number of hydrogen-bond donors (Lipinski definition) is 0. The summed E-state index contributed by atoms with van der Waals surface area (Å²) in [7, 11) is 2.98. The van der Waals surface area contributed by atoms with Gasteiger partial charge in [-0.2, -0.15) is 18.3 Å². The molecule has 1 aliphatic rings. The molecule has 0 atom stereocenters. The van der Waals surface area contributed by atoms with Gasteiger partial charge in [0.15, 0.2) is 5.69 Å². The molecule has 0 unspecified atom stereocenters. The van der Waals surface area contributed by atoms with Gasteiger partial charge in [-0.25, -0.2) is 4.98 Å². The summed E-state index contributed by atoms with van der Waals surface area (Å²) >= 11 is 0. The van der Waals surface area contributed by atoms with Gasteiger partial charge in [0.2, 0.25) is 0 Å². The molecule has 0 saturated carbocycles. The molecule has 1 amide bonds. The number of rotatable bonds is 5. The summed E-state index contributed by atoms with van der Waals surface area (Å²) in [6, 6.07) is 5.24. The zero-order chi connectivity index (χ0) is 27.3. The molecule has 12 heteroatoms. The first-order valence-electron chi connectivity index (χ1n) is 12.1. The summed E-state index contributed by atoms with van der Waals surface area (Å²) in [4.78, 5) is 28.3. The number of carbonyl (C=O) groups excluding carboxylic acids is 1. The number of fused-ring (bicyclic) bond motifs is 2. The minimum atomic E-state index is -4.66. The summed E-state index contributed by atoms with van der Waals surface area (Å²) in [6.07, 6.45) is 6.77. The maximum atomic E-state index is 14.0. The van der Waals surface area contributed by atoms with Crippen molar-refractivity contribution in [3.05, 3.63) is 84.1 Å². The second kappa shape index (κ2) is 9.22. The van der Waals surface area contributed by atoms with E-state index >= 15 is 0 Å². The van der Waals surface area contributed by atoms with E-state index < -0.39 is 11.9 Å². The number of ether oxygens (including phenoxy) is 1. The summed E-state index contributed by atoms with van der Waals surface area (Å²) in [5.41, 5.74) is 1.98. The Morgan fingerprint density at radius 2 is 1.87 bits per heavy atom. The average molecular weight is 534 g/mol. The van der Waals surface area contributed by atoms with E-state index in [0.29, 0.717) is 57.6 Å². The maximum absolute atomic E-state index is 14.0. The summed E-state index contributed by atoms with van der Waals surface area (Å²) < 4.78 is 50.2. The number of nitrogens with zero attached hydrogens (tertiary/aromatic N) is 7. The molecule has 0 N–H and O–H groups in total. The van der Waals surface area contributed by atoms with Gasteiger partial charge < -0.3 is 14.2 Å². The van der Waals surface area contributed by atoms with Gasteiger partial charge in [0.25, 0.3) is 5.91 Å². The molecule has 0 aliphatic carbocycles. The van der Waals surface area contributed by atoms with Gasteiger partial charge in [0.1, 0.15) is 5.75 Å². The SMILES string of the molecule is COc1cnc2cncc(N3CCc4c(cc(Cn5ccnc5)cc4-c4cn(C)nc4C(F)(F)F)C3=O)c2c1. The van der Waals surface area contributed by atoms with Gasteiger partial charge in [0.05, 0.1) is 43.2 Å². The molecular formula is C27H22F3N7O2. The van der Waals surface area contributed by atoms with Crippen molar-refractivity contribution in [3.63, 3.8) is 0 Å². The Morgan fingerprint density at radius 3 is 2.62 bits per heavy atom. The Hall–Kier alpha value is -4.74. The van der Waals surface area contributed by atoms with Crippen molar-refractivity contribution >= 4 is 22.5 Å². The molecular weight excluding hydrogens is 511 g/mol. The highest BCUT2D eigenvalue weighted by Crippen LogP contribution is 2.41. The number of amides is 1. The smallest absolute Gasteiger partial charge is 0.435 e. The lowest BCUT2D eigenvalue weighted by atomic mass is 9.88. The van der Waals surface area contributed by atoms with Crippen molar-refractivity contribution in [2.24, 2.45) is 7.05 Å². The van der Waals surface area contributed by atoms with Crippen LogP contribution in [0.1, 0.15) is 27.2 Å². The second-order valence-corrected chi connectivity index (χ2v) is 9.27. The molecule has 5 aromatic rings. The van der Waals surface area contributed by atoms with E-state index in [4.69, 9.17) is 4.74 Å². The predicted octanol–water partition coefficient (Wildman–Crippen LogP) is 4.51. The highest BCUT2D eigenvalue weighted by Gasteiger charge is 2.39. The number of imidazole rings is 1. The lowest BCUT2D eigenvalue weighted by molar-refractivity contribution is -0.140. The van der Waals surface area contributed by atoms with Crippen molar-refractivity contribution < 1.29 is 22.7 Å². The molecule has 0 spiro atoms. The number of pyridine rings is 2. The quantitative estimate of drug-likeness (QED) is 0.330. The lowest BCUT2D eigenvalue weighted by Gasteiger charge is -2.31. The Balaban J connectivity index is 1.52. The minimum Gasteiger partial charge on any atom is -0.495 e. The molecule has 0 radical (unpaired) electrons. The maximum Gasteiger partial charge on any atom is 0.435 e. The predicted molar refractivity (Wildman–Crippen MR) is 136 cm³/mol. The third-order valence-corrected chi connectivity index (χ3v) is 6.77. The summed E-state index contributed by atoms with van der Waals surface area (Å²) in [5, 5.41) is 4.38. The van der Waals surface area contributed by atoms with E-state index in [1.807, 2.05) is 0 Å². The van der Waals surface area contributed by atoms with Crippen LogP contribution in [-0.2, 0) is 26.2 Å². The number of halogens is 3. The fourth-order valence-corrected chi connectivity index (χ4v) is 5.05. The largest absolute Gasteiger partial charge is 0.495 e. The monoisotopic (exact) mass is 533 g/mol. The van der Waals surface area contributed by atoms with E-state index in [9.17, 15) is 18.0 Å². The topological polar surface area (TPSA) is 91.0 Å². The minimum absolute atomic E-state index is 0.0595. The van der Waals surface area contributed by atoms with Crippen LogP contribution in [0.4, 0.5) is 18.9 Å². The number of benzene rings is 1. The van der Waals surface area contributed by atoms with Crippen molar-refractivity contribution in [1.29, 1.82) is 0 Å². The zero-order valence-electron chi connectivity index (χ0n) is 21.0. The Bertz CT molecular complexity index is 1710. The van der Waals surface area contributed by atoms with Crippen LogP contribution in [0.15, 0.2) is 61.7 Å². The van der Waals surface area contributed by atoms with Crippen LogP contribution in [0.3, 0.4) is 0 Å². The number of aromatic nitrogens is 6. The standard InChI is InChI=1S/C27H22F3N7O2/c1-35-14-22(25(34-35)27(28,29)30)19-7-16(13-36-6-4-31-15-36)8-20-18(19)3-5-37(26(20)38)24-12-32-11-23-21(24)9-17(39-2)10-33-23/h4,6-12,14-15H,3,5,13H2,1-2H3. The summed E-state index contributed by atoms with van der Waals surface area (Å²) in [6.45, 7) is 0.575. The molecule has 0 saturated heterocycles. The van der Waals surface area contributed by atoms with Crippen LogP contribution in [0.5, 0.6) is 5.75 Å². The van der Waals surface area contributed by atoms with E-state index in [0.717, 1.165) is 4.68 Å². The van der Waals surface area contributed by atoms with Gasteiger partial charge >= 0.3 is 6.18 Å². The number of hydrogen-bond acceptors (Lipinski definition) is 6. The van der Waals surface area contributed by atoms with Crippen LogP contribution >= 0.6 is 0 Å². The molecule has 4 aromatic heterocycles. The molecule has 0 bridgehead atoms. The third-order valence-electron chi connectivity index (χ3n) is 6.77. The molecule has 9 nitrogen and oxygen atoms in total. The normalized spacial score (nSPS) is 13.7. The molecule has 5 heterocycles. The number of methoxy groups -OCH3 is 1. The molecule has 1 aromatic carbocycles. The molecule has 1 aliphatic heterocycles. The highest BCUT2D eigenvalue weighted by atomic mass is 19.4. The zero-order valence-corrected chi connectivity index (χ0v) is 21.0. The van der Waals surface area contributed by atoms with Crippen LogP contribution < -0.4 is 9.64 Å². The molecule has 0 fully saturated rings. The van der Waals surface area contributed by atoms with Gasteiger partial charge in [0, 0.05) is 55.2 Å². The van der Waals surface area contributed by atoms with Crippen LogP contribution in [0.25, 0.3) is 22.0 Å². The third kappa shape index (κ3) is 4.37. The van der Waals surface area contributed by atoms with Crippen LogP contribution in [-0.4, -0.2) is 48.9 Å². The van der Waals surface area contributed by atoms with E-state index in [-0.39, 0.29) is 18.0 Å². The van der Waals surface area contributed by atoms with Crippen molar-refractivity contribution in [1.82, 2.24) is 29.3 Å². The Morgan fingerprint density at radius 1 is 1.05 bits per heavy atom. The van der Waals surface area contributed by atoms with Crippen molar-refractivity contribution in [2.45, 2.75) is 19.1 Å². The van der Waals surface area contributed by atoms with Gasteiger partial charge in [-0.3, -0.25) is 19.4 Å². The van der Waals surface area contributed by atoms with Crippen molar-refractivity contribution in [3.8, 4) is 16.9 Å². The van der Waals surface area contributed by atoms with E-state index in [1.165, 1.54) is 20.4 Å². The van der Waals surface area contributed by atoms with E-state index in [2.05, 4.69) is 20.1 Å². The van der Waals surface area contributed by atoms with E-state index in [1.54, 1.807) is 65.0 Å². The highest BCUT2D eigenvalue weighted by molar-refractivity contribution is 6.12. The summed E-state index contributed by atoms with van der Waals surface area (Å²) in [5.74, 6) is 0.195. The van der Waals surface area contributed by atoms with Crippen LogP contribution in [0, 0.1) is 0 Å². The first-order chi connectivity index (χ1) is 18.7. The van der Waals surface area contributed by atoms with Crippen LogP contribution in [0.2, 0.25) is 0 Å². The molecule has 198 valence electrons. The fourth-order valence-electron chi connectivity index (χ4n) is 5.05. The number of alkyl halides is 3. The molecule has 6 rings (SSSR count). The lowest BCUT2D eigenvalue weighted by Crippen LogP contribution is -2.38.